The van der Waals surface area contributed by atoms with E-state index in [0.717, 1.165) is 18.0 Å². The molecule has 0 bridgehead atoms. The molecule has 2 aromatic rings. The molecule has 3 rings (SSSR count). The molecule has 0 radical (unpaired) electrons. The number of benzene rings is 1. The molecule has 2 heterocycles. The predicted molar refractivity (Wildman–Crippen MR) is 78.9 cm³/mol. The van der Waals surface area contributed by atoms with Crippen molar-refractivity contribution in [1.29, 1.82) is 0 Å². The van der Waals surface area contributed by atoms with Crippen LogP contribution in [0.1, 0.15) is 17.8 Å². The summed E-state index contributed by atoms with van der Waals surface area (Å²) in [5.41, 5.74) is 1.41. The average molecular weight is 289 g/mol. The number of hydrogen-bond acceptors (Lipinski definition) is 5. The largest absolute Gasteiger partial charge is 0.314 e. The summed E-state index contributed by atoms with van der Waals surface area (Å²) < 4.78 is 0. The molecule has 1 aliphatic heterocycles. The van der Waals surface area contributed by atoms with Crippen molar-refractivity contribution in [3.05, 3.63) is 44.8 Å². The van der Waals surface area contributed by atoms with Crippen LogP contribution in [0.25, 0.3) is 11.3 Å². The minimum absolute atomic E-state index is 0.114. The van der Waals surface area contributed by atoms with Crippen LogP contribution in [0, 0.1) is 10.1 Å². The van der Waals surface area contributed by atoms with E-state index >= 15 is 0 Å². The Hall–Kier alpha value is -1.79. The number of nitro benzene ring substituents is 1. The van der Waals surface area contributed by atoms with Crippen LogP contribution in [-0.2, 0) is 6.42 Å². The first-order chi connectivity index (χ1) is 9.74. The van der Waals surface area contributed by atoms with Gasteiger partial charge in [0.15, 0.2) is 0 Å². The van der Waals surface area contributed by atoms with Crippen molar-refractivity contribution in [1.82, 2.24) is 10.3 Å². The summed E-state index contributed by atoms with van der Waals surface area (Å²) in [5.74, 6) is 0. The van der Waals surface area contributed by atoms with Gasteiger partial charge in [-0.25, -0.2) is 4.98 Å². The predicted octanol–water partition coefficient (Wildman–Crippen LogP) is 3.01. The summed E-state index contributed by atoms with van der Waals surface area (Å²) in [6, 6.07) is 7.26. The fraction of sp³-hybridized carbons (Fsp3) is 0.357. The van der Waals surface area contributed by atoms with Gasteiger partial charge < -0.3 is 5.32 Å². The second-order valence-corrected chi connectivity index (χ2v) is 5.84. The van der Waals surface area contributed by atoms with Crippen molar-refractivity contribution in [3.63, 3.8) is 0 Å². The number of rotatable bonds is 4. The third-order valence-electron chi connectivity index (χ3n) is 3.51. The molecule has 5 nitrogen and oxygen atoms in total. The van der Waals surface area contributed by atoms with Gasteiger partial charge in [-0.15, -0.1) is 11.3 Å². The monoisotopic (exact) mass is 289 g/mol. The smallest absolute Gasteiger partial charge is 0.278 e. The van der Waals surface area contributed by atoms with Gasteiger partial charge in [0.1, 0.15) is 0 Å². The highest BCUT2D eigenvalue weighted by Gasteiger charge is 2.19. The second kappa shape index (κ2) is 5.68. The summed E-state index contributed by atoms with van der Waals surface area (Å²) in [6.45, 7) is 1.08. The van der Waals surface area contributed by atoms with Gasteiger partial charge in [0.2, 0.25) is 0 Å². The molecule has 1 aromatic heterocycles. The first-order valence-electron chi connectivity index (χ1n) is 6.65. The molecule has 6 heteroatoms. The second-order valence-electron chi connectivity index (χ2n) is 4.90. The van der Waals surface area contributed by atoms with E-state index in [-0.39, 0.29) is 10.6 Å². The summed E-state index contributed by atoms with van der Waals surface area (Å²) in [4.78, 5) is 15.3. The van der Waals surface area contributed by atoms with E-state index in [1.54, 1.807) is 29.5 Å². The van der Waals surface area contributed by atoms with E-state index in [0.29, 0.717) is 17.3 Å². The van der Waals surface area contributed by atoms with Gasteiger partial charge in [0.05, 0.1) is 21.2 Å². The lowest BCUT2D eigenvalue weighted by Crippen LogP contribution is -2.23. The number of hydrogen-bond donors (Lipinski definition) is 1. The highest BCUT2D eigenvalue weighted by Crippen LogP contribution is 2.30. The molecule has 1 saturated heterocycles. The maximum Gasteiger partial charge on any atom is 0.278 e. The third-order valence-corrected chi connectivity index (χ3v) is 4.38. The fourth-order valence-electron chi connectivity index (χ4n) is 2.52. The Labute approximate surface area is 120 Å². The molecule has 1 aromatic carbocycles. The SMILES string of the molecule is O=[N+]([O-])c1ccccc1-c1csc(CC2CCCN2)n1. The van der Waals surface area contributed by atoms with Crippen molar-refractivity contribution in [2.45, 2.75) is 25.3 Å². The van der Waals surface area contributed by atoms with Crippen molar-refractivity contribution < 1.29 is 4.92 Å². The zero-order chi connectivity index (χ0) is 13.9. The Morgan fingerprint density at radius 2 is 2.30 bits per heavy atom. The van der Waals surface area contributed by atoms with Gasteiger partial charge in [-0.2, -0.15) is 0 Å². The molecule has 20 heavy (non-hydrogen) atoms. The topological polar surface area (TPSA) is 68.1 Å². The number of nitrogens with zero attached hydrogens (tertiary/aromatic N) is 2. The standard InChI is InChI=1S/C14H15N3O2S/c18-17(19)13-6-2-1-5-11(13)12-9-20-14(16-12)8-10-4-3-7-15-10/h1-2,5-6,9-10,15H,3-4,7-8H2. The van der Waals surface area contributed by atoms with Crippen molar-refractivity contribution in [2.24, 2.45) is 0 Å². The van der Waals surface area contributed by atoms with E-state index in [2.05, 4.69) is 10.3 Å². The van der Waals surface area contributed by atoms with Crippen LogP contribution in [0.2, 0.25) is 0 Å². The first kappa shape index (κ1) is 13.2. The minimum atomic E-state index is -0.354. The molecule has 0 aliphatic carbocycles. The Balaban J connectivity index is 1.84. The van der Waals surface area contributed by atoms with Crippen LogP contribution in [0.15, 0.2) is 29.6 Å². The van der Waals surface area contributed by atoms with Crippen LogP contribution in [-0.4, -0.2) is 22.5 Å². The van der Waals surface area contributed by atoms with Crippen LogP contribution in [0.4, 0.5) is 5.69 Å². The zero-order valence-corrected chi connectivity index (χ0v) is 11.7. The molecular weight excluding hydrogens is 274 g/mol. The Kier molecular flexibility index (Phi) is 3.75. The zero-order valence-electron chi connectivity index (χ0n) is 10.9. The maximum atomic E-state index is 11.1. The fourth-order valence-corrected chi connectivity index (χ4v) is 3.40. The molecule has 0 amide bonds. The summed E-state index contributed by atoms with van der Waals surface area (Å²) in [7, 11) is 0. The lowest BCUT2D eigenvalue weighted by atomic mass is 10.1. The molecule has 0 spiro atoms. The van der Waals surface area contributed by atoms with Gasteiger partial charge in [-0.05, 0) is 25.5 Å². The number of aromatic nitrogens is 1. The van der Waals surface area contributed by atoms with E-state index in [1.807, 2.05) is 5.38 Å². The van der Waals surface area contributed by atoms with Crippen molar-refractivity contribution >= 4 is 17.0 Å². The average Bonchev–Trinajstić information content (AvgIpc) is 3.11. The first-order valence-corrected chi connectivity index (χ1v) is 7.53. The van der Waals surface area contributed by atoms with E-state index in [1.165, 1.54) is 18.9 Å². The maximum absolute atomic E-state index is 11.1. The molecule has 1 N–H and O–H groups in total. The molecule has 104 valence electrons. The Morgan fingerprint density at radius 3 is 3.05 bits per heavy atom. The lowest BCUT2D eigenvalue weighted by molar-refractivity contribution is -0.384. The highest BCUT2D eigenvalue weighted by atomic mass is 32.1. The number of thiazole rings is 1. The number of nitro groups is 1. The van der Waals surface area contributed by atoms with E-state index in [4.69, 9.17) is 0 Å². The van der Waals surface area contributed by atoms with Crippen LogP contribution >= 0.6 is 11.3 Å². The van der Waals surface area contributed by atoms with Crippen molar-refractivity contribution in [2.75, 3.05) is 6.54 Å². The van der Waals surface area contributed by atoms with Gasteiger partial charge in [-0.1, -0.05) is 12.1 Å². The number of nitrogens with one attached hydrogen (secondary N) is 1. The quantitative estimate of drug-likeness (QED) is 0.694. The van der Waals surface area contributed by atoms with Gasteiger partial charge >= 0.3 is 0 Å². The van der Waals surface area contributed by atoms with Crippen LogP contribution in [0.3, 0.4) is 0 Å². The summed E-state index contributed by atoms with van der Waals surface area (Å²) in [5, 5.41) is 17.4. The number of para-hydroxylation sites is 1. The van der Waals surface area contributed by atoms with E-state index in [9.17, 15) is 10.1 Å². The van der Waals surface area contributed by atoms with Gasteiger partial charge in [0.25, 0.3) is 5.69 Å². The normalized spacial score (nSPS) is 18.3. The molecule has 0 saturated carbocycles. The third kappa shape index (κ3) is 2.71. The Morgan fingerprint density at radius 1 is 1.45 bits per heavy atom. The minimum Gasteiger partial charge on any atom is -0.314 e. The van der Waals surface area contributed by atoms with Gasteiger partial charge in [0, 0.05) is 23.9 Å². The molecule has 1 fully saturated rings. The van der Waals surface area contributed by atoms with Crippen molar-refractivity contribution in [3.8, 4) is 11.3 Å². The molecule has 1 atom stereocenters. The lowest BCUT2D eigenvalue weighted by Gasteiger charge is -2.06. The van der Waals surface area contributed by atoms with Crippen LogP contribution in [0.5, 0.6) is 0 Å². The highest BCUT2D eigenvalue weighted by molar-refractivity contribution is 7.09. The molecule has 1 unspecified atom stereocenters. The van der Waals surface area contributed by atoms with Gasteiger partial charge in [-0.3, -0.25) is 10.1 Å². The summed E-state index contributed by atoms with van der Waals surface area (Å²) in [6.07, 6.45) is 3.30. The van der Waals surface area contributed by atoms with E-state index < -0.39 is 0 Å². The molecular formula is C14H15N3O2S. The molecule has 1 aliphatic rings. The Bertz CT molecular complexity index is 620. The summed E-state index contributed by atoms with van der Waals surface area (Å²) >= 11 is 1.58. The van der Waals surface area contributed by atoms with Crippen LogP contribution < -0.4 is 5.32 Å².